The summed E-state index contributed by atoms with van der Waals surface area (Å²) < 4.78 is 5.01. The fourth-order valence-corrected chi connectivity index (χ4v) is 1.85. The summed E-state index contributed by atoms with van der Waals surface area (Å²) >= 11 is 1.45. The van der Waals surface area contributed by atoms with Crippen molar-refractivity contribution in [2.45, 2.75) is 20.3 Å². The van der Waals surface area contributed by atoms with Crippen molar-refractivity contribution in [3.8, 4) is 5.75 Å². The van der Waals surface area contributed by atoms with E-state index in [2.05, 4.69) is 0 Å². The third kappa shape index (κ3) is 2.84. The zero-order chi connectivity index (χ0) is 9.84. The van der Waals surface area contributed by atoms with E-state index in [9.17, 15) is 4.79 Å². The Morgan fingerprint density at radius 1 is 1.62 bits per heavy atom. The van der Waals surface area contributed by atoms with Crippen LogP contribution < -0.4 is 4.74 Å². The van der Waals surface area contributed by atoms with Crippen molar-refractivity contribution < 1.29 is 9.53 Å². The minimum atomic E-state index is 0.211. The molecule has 13 heavy (non-hydrogen) atoms. The van der Waals surface area contributed by atoms with Crippen LogP contribution in [0.5, 0.6) is 5.75 Å². The highest BCUT2D eigenvalue weighted by Crippen LogP contribution is 2.23. The lowest BCUT2D eigenvalue weighted by atomic mass is 10.1. The molecule has 0 unspecified atom stereocenters. The zero-order valence-electron chi connectivity index (χ0n) is 8.16. The number of ether oxygens (including phenoxy) is 1. The third-order valence-electron chi connectivity index (χ3n) is 1.68. The van der Waals surface area contributed by atoms with Gasteiger partial charge >= 0.3 is 0 Å². The molecule has 0 aromatic carbocycles. The van der Waals surface area contributed by atoms with E-state index in [0.717, 1.165) is 10.6 Å². The van der Waals surface area contributed by atoms with Gasteiger partial charge in [-0.3, -0.25) is 4.79 Å². The second-order valence-corrected chi connectivity index (χ2v) is 4.28. The van der Waals surface area contributed by atoms with Crippen LogP contribution in [0, 0.1) is 5.92 Å². The van der Waals surface area contributed by atoms with Gasteiger partial charge in [-0.1, -0.05) is 13.8 Å². The van der Waals surface area contributed by atoms with E-state index in [-0.39, 0.29) is 5.78 Å². The van der Waals surface area contributed by atoms with E-state index in [1.54, 1.807) is 13.2 Å². The molecule has 72 valence electrons. The number of thiophene rings is 1. The average Bonchev–Trinajstić information content (AvgIpc) is 2.50. The molecule has 1 aromatic rings. The third-order valence-corrected chi connectivity index (χ3v) is 2.63. The van der Waals surface area contributed by atoms with Crippen molar-refractivity contribution in [2.75, 3.05) is 7.11 Å². The SMILES string of the molecule is COc1csc(C(=O)CC(C)C)c1. The van der Waals surface area contributed by atoms with E-state index in [1.807, 2.05) is 19.2 Å². The lowest BCUT2D eigenvalue weighted by molar-refractivity contribution is 0.0971. The summed E-state index contributed by atoms with van der Waals surface area (Å²) in [5, 5.41) is 1.85. The Balaban J connectivity index is 2.66. The quantitative estimate of drug-likeness (QED) is 0.695. The van der Waals surface area contributed by atoms with Gasteiger partial charge in [0.1, 0.15) is 5.75 Å². The molecule has 0 N–H and O–H groups in total. The number of methoxy groups -OCH3 is 1. The van der Waals surface area contributed by atoms with Gasteiger partial charge in [0, 0.05) is 17.9 Å². The number of hydrogen-bond acceptors (Lipinski definition) is 3. The largest absolute Gasteiger partial charge is 0.496 e. The molecule has 0 amide bonds. The second-order valence-electron chi connectivity index (χ2n) is 3.37. The molecule has 0 aliphatic rings. The fraction of sp³-hybridized carbons (Fsp3) is 0.500. The number of Topliss-reactive ketones (excluding diaryl/α,β-unsaturated/α-hetero) is 1. The number of carbonyl (C=O) groups is 1. The molecule has 0 saturated carbocycles. The molecule has 0 fully saturated rings. The number of hydrogen-bond donors (Lipinski definition) is 0. The van der Waals surface area contributed by atoms with E-state index < -0.39 is 0 Å². The summed E-state index contributed by atoms with van der Waals surface area (Å²) in [6, 6.07) is 1.80. The van der Waals surface area contributed by atoms with Gasteiger partial charge in [-0.15, -0.1) is 11.3 Å². The van der Waals surface area contributed by atoms with Gasteiger partial charge in [-0.05, 0) is 5.92 Å². The molecule has 0 saturated heterocycles. The molecule has 0 aliphatic carbocycles. The normalized spacial score (nSPS) is 10.5. The average molecular weight is 198 g/mol. The predicted octanol–water partition coefficient (Wildman–Crippen LogP) is 2.99. The van der Waals surface area contributed by atoms with Crippen LogP contribution >= 0.6 is 11.3 Å². The van der Waals surface area contributed by atoms with E-state index in [0.29, 0.717) is 12.3 Å². The fourth-order valence-electron chi connectivity index (χ4n) is 1.04. The molecule has 0 bridgehead atoms. The monoisotopic (exact) mass is 198 g/mol. The summed E-state index contributed by atoms with van der Waals surface area (Å²) in [6.45, 7) is 4.09. The number of rotatable bonds is 4. The Kier molecular flexibility index (Phi) is 3.48. The van der Waals surface area contributed by atoms with Crippen LogP contribution in [-0.4, -0.2) is 12.9 Å². The van der Waals surface area contributed by atoms with Crippen LogP contribution in [-0.2, 0) is 0 Å². The van der Waals surface area contributed by atoms with Gasteiger partial charge in [-0.25, -0.2) is 0 Å². The van der Waals surface area contributed by atoms with Gasteiger partial charge in [-0.2, -0.15) is 0 Å². The van der Waals surface area contributed by atoms with Crippen molar-refractivity contribution in [3.63, 3.8) is 0 Å². The van der Waals surface area contributed by atoms with Crippen LogP contribution in [0.2, 0.25) is 0 Å². The van der Waals surface area contributed by atoms with Crippen molar-refractivity contribution in [1.29, 1.82) is 0 Å². The van der Waals surface area contributed by atoms with Crippen LogP contribution in [0.1, 0.15) is 29.9 Å². The van der Waals surface area contributed by atoms with Crippen molar-refractivity contribution in [2.24, 2.45) is 5.92 Å². The Bertz CT molecular complexity index is 289. The molecule has 0 atom stereocenters. The molecular weight excluding hydrogens is 184 g/mol. The Hall–Kier alpha value is -0.830. The van der Waals surface area contributed by atoms with Crippen molar-refractivity contribution in [1.82, 2.24) is 0 Å². The highest BCUT2D eigenvalue weighted by molar-refractivity contribution is 7.12. The first-order valence-electron chi connectivity index (χ1n) is 4.29. The Morgan fingerprint density at radius 3 is 2.77 bits per heavy atom. The zero-order valence-corrected chi connectivity index (χ0v) is 8.98. The van der Waals surface area contributed by atoms with Gasteiger partial charge in [0.05, 0.1) is 12.0 Å². The standard InChI is InChI=1S/C10H14O2S/c1-7(2)4-9(11)10-5-8(12-3)6-13-10/h5-7H,4H2,1-3H3. The topological polar surface area (TPSA) is 26.3 Å². The summed E-state index contributed by atoms with van der Waals surface area (Å²) in [6.07, 6.45) is 0.615. The van der Waals surface area contributed by atoms with Gasteiger partial charge < -0.3 is 4.74 Å². The predicted molar refractivity (Wildman–Crippen MR) is 54.7 cm³/mol. The highest BCUT2D eigenvalue weighted by atomic mass is 32.1. The Morgan fingerprint density at radius 2 is 2.31 bits per heavy atom. The smallest absolute Gasteiger partial charge is 0.173 e. The van der Waals surface area contributed by atoms with E-state index in [1.165, 1.54) is 11.3 Å². The maximum atomic E-state index is 11.5. The first-order valence-corrected chi connectivity index (χ1v) is 5.17. The first-order chi connectivity index (χ1) is 6.13. The summed E-state index contributed by atoms with van der Waals surface area (Å²) in [5.74, 6) is 1.40. The summed E-state index contributed by atoms with van der Waals surface area (Å²) in [7, 11) is 1.61. The number of carbonyl (C=O) groups excluding carboxylic acids is 1. The Labute approximate surface area is 82.5 Å². The molecule has 1 rings (SSSR count). The van der Waals surface area contributed by atoms with E-state index in [4.69, 9.17) is 4.74 Å². The molecule has 0 radical (unpaired) electrons. The van der Waals surface area contributed by atoms with Gasteiger partial charge in [0.2, 0.25) is 0 Å². The molecule has 2 nitrogen and oxygen atoms in total. The van der Waals surface area contributed by atoms with Crippen LogP contribution in [0.25, 0.3) is 0 Å². The van der Waals surface area contributed by atoms with E-state index >= 15 is 0 Å². The van der Waals surface area contributed by atoms with Gasteiger partial charge in [0.25, 0.3) is 0 Å². The lowest BCUT2D eigenvalue weighted by Crippen LogP contribution is -2.00. The van der Waals surface area contributed by atoms with Crippen LogP contribution in [0.4, 0.5) is 0 Å². The lowest BCUT2D eigenvalue weighted by Gasteiger charge is -2.00. The van der Waals surface area contributed by atoms with Crippen LogP contribution in [0.15, 0.2) is 11.4 Å². The van der Waals surface area contributed by atoms with Crippen LogP contribution in [0.3, 0.4) is 0 Å². The minimum absolute atomic E-state index is 0.211. The maximum absolute atomic E-state index is 11.5. The first kappa shape index (κ1) is 10.3. The highest BCUT2D eigenvalue weighted by Gasteiger charge is 2.10. The molecule has 1 aromatic heterocycles. The van der Waals surface area contributed by atoms with Crippen molar-refractivity contribution >= 4 is 17.1 Å². The molecular formula is C10H14O2S. The maximum Gasteiger partial charge on any atom is 0.173 e. The molecule has 0 spiro atoms. The molecule has 0 aliphatic heterocycles. The minimum Gasteiger partial charge on any atom is -0.496 e. The summed E-state index contributed by atoms with van der Waals surface area (Å²) in [5.41, 5.74) is 0. The summed E-state index contributed by atoms with van der Waals surface area (Å²) in [4.78, 5) is 12.3. The van der Waals surface area contributed by atoms with Gasteiger partial charge in [0.15, 0.2) is 5.78 Å². The number of ketones is 1. The second kappa shape index (κ2) is 4.42. The van der Waals surface area contributed by atoms with Crippen molar-refractivity contribution in [3.05, 3.63) is 16.3 Å². The molecule has 3 heteroatoms. The molecule has 1 heterocycles.